The fourth-order valence-corrected chi connectivity index (χ4v) is 2.77. The van der Waals surface area contributed by atoms with Crippen LogP contribution in [0.15, 0.2) is 24.3 Å². The third-order valence-electron chi connectivity index (χ3n) is 2.89. The molecular weight excluding hydrogens is 346 g/mol. The highest BCUT2D eigenvalue weighted by Gasteiger charge is 2.56. The van der Waals surface area contributed by atoms with Gasteiger partial charge in [-0.3, -0.25) is 4.21 Å². The first-order valence-electron chi connectivity index (χ1n) is 6.80. The third-order valence-corrected chi connectivity index (χ3v) is 4.38. The molecule has 9 heteroatoms. The van der Waals surface area contributed by atoms with Crippen molar-refractivity contribution in [3.8, 4) is 5.75 Å². The lowest BCUT2D eigenvalue weighted by atomic mass is 10.2. The minimum Gasteiger partial charge on any atom is -0.490 e. The molecule has 0 N–H and O–H groups in total. The summed E-state index contributed by atoms with van der Waals surface area (Å²) in [6.45, 7) is 0.0748. The largest absolute Gasteiger partial charge is 0.490 e. The Kier molecular flexibility index (Phi) is 7.37. The highest BCUT2D eigenvalue weighted by Crippen LogP contribution is 2.38. The third kappa shape index (κ3) is 6.80. The molecule has 1 unspecified atom stereocenters. The Bertz CT molecular complexity index is 518. The Labute approximate surface area is 132 Å². The topological polar surface area (TPSA) is 26.3 Å². The lowest BCUT2D eigenvalue weighted by molar-refractivity contribution is -0.284. The molecule has 0 fully saturated rings. The molecule has 0 aromatic heterocycles. The van der Waals surface area contributed by atoms with Gasteiger partial charge in [-0.15, -0.1) is 0 Å². The Balaban J connectivity index is 2.19. The van der Waals surface area contributed by atoms with Gasteiger partial charge in [-0.2, -0.15) is 22.0 Å². The molecule has 0 aliphatic heterocycles. The molecule has 1 aromatic rings. The number of ether oxygens (including phenoxy) is 1. The average molecular weight is 362 g/mol. The zero-order valence-corrected chi connectivity index (χ0v) is 12.9. The maximum Gasteiger partial charge on any atom is 0.453 e. The van der Waals surface area contributed by atoms with Gasteiger partial charge in [-0.1, -0.05) is 12.1 Å². The first kappa shape index (κ1) is 19.8. The van der Waals surface area contributed by atoms with E-state index >= 15 is 0 Å². The molecule has 1 aromatic carbocycles. The summed E-state index contributed by atoms with van der Waals surface area (Å²) >= 11 is 0. The van der Waals surface area contributed by atoms with E-state index in [2.05, 4.69) is 0 Å². The van der Waals surface area contributed by atoms with E-state index in [0.29, 0.717) is 0 Å². The molecule has 0 spiro atoms. The molecule has 1 rings (SSSR count). The Morgan fingerprint density at radius 3 is 2.22 bits per heavy atom. The predicted octanol–water partition coefficient (Wildman–Crippen LogP) is 4.32. The Hall–Kier alpha value is -1.25. The highest BCUT2D eigenvalue weighted by molar-refractivity contribution is 7.84. The summed E-state index contributed by atoms with van der Waals surface area (Å²) < 4.78 is 90.9. The van der Waals surface area contributed by atoms with E-state index in [1.807, 2.05) is 0 Å². The van der Waals surface area contributed by atoms with Crippen molar-refractivity contribution in [3.05, 3.63) is 30.1 Å². The minimum absolute atomic E-state index is 0.0445. The van der Waals surface area contributed by atoms with E-state index in [4.69, 9.17) is 4.74 Å². The van der Waals surface area contributed by atoms with Gasteiger partial charge in [0, 0.05) is 28.7 Å². The van der Waals surface area contributed by atoms with Crippen LogP contribution in [0.2, 0.25) is 0 Å². The summed E-state index contributed by atoms with van der Waals surface area (Å²) in [6, 6.07) is 5.71. The number of alkyl halides is 5. The number of hydrogen-bond acceptors (Lipinski definition) is 2. The molecule has 0 radical (unpaired) electrons. The first-order chi connectivity index (χ1) is 10.6. The quantitative estimate of drug-likeness (QED) is 0.483. The van der Waals surface area contributed by atoms with Crippen molar-refractivity contribution in [2.75, 3.05) is 18.1 Å². The average Bonchev–Trinajstić information content (AvgIpc) is 2.44. The van der Waals surface area contributed by atoms with Crippen molar-refractivity contribution in [3.63, 3.8) is 0 Å². The van der Waals surface area contributed by atoms with Crippen LogP contribution in [-0.2, 0) is 10.8 Å². The lowest BCUT2D eigenvalue weighted by Gasteiger charge is -2.19. The van der Waals surface area contributed by atoms with Crippen LogP contribution in [0.4, 0.5) is 26.3 Å². The summed E-state index contributed by atoms with van der Waals surface area (Å²) in [7, 11) is -1.52. The molecule has 0 saturated carbocycles. The molecule has 23 heavy (non-hydrogen) atoms. The number of hydrogen-bond donors (Lipinski definition) is 0. The van der Waals surface area contributed by atoms with E-state index in [1.54, 1.807) is 6.07 Å². The molecule has 0 aliphatic rings. The fraction of sp³-hybridized carbons (Fsp3) is 0.571. The summed E-state index contributed by atoms with van der Waals surface area (Å²) in [5.74, 6) is -5.41. The van der Waals surface area contributed by atoms with E-state index in [0.717, 1.165) is 0 Å². The molecule has 1 atom stereocenters. The van der Waals surface area contributed by atoms with Crippen molar-refractivity contribution in [2.24, 2.45) is 0 Å². The molecular formula is C14H16F6O2S. The van der Waals surface area contributed by atoms with Gasteiger partial charge in [0.25, 0.3) is 0 Å². The molecule has 0 bridgehead atoms. The Morgan fingerprint density at radius 1 is 1.00 bits per heavy atom. The van der Waals surface area contributed by atoms with Gasteiger partial charge in [0.15, 0.2) is 11.6 Å². The van der Waals surface area contributed by atoms with E-state index in [9.17, 15) is 30.6 Å². The van der Waals surface area contributed by atoms with E-state index in [-0.39, 0.29) is 30.3 Å². The van der Waals surface area contributed by atoms with Crippen LogP contribution < -0.4 is 4.74 Å². The van der Waals surface area contributed by atoms with Crippen molar-refractivity contribution in [1.29, 1.82) is 0 Å². The van der Waals surface area contributed by atoms with Crippen LogP contribution >= 0.6 is 0 Å². The molecule has 0 heterocycles. The van der Waals surface area contributed by atoms with E-state index < -0.39 is 41.6 Å². The van der Waals surface area contributed by atoms with Crippen molar-refractivity contribution in [2.45, 2.75) is 31.4 Å². The van der Waals surface area contributed by atoms with Crippen molar-refractivity contribution >= 4 is 10.8 Å². The summed E-state index contributed by atoms with van der Waals surface area (Å²) in [5.41, 5.74) is 0. The van der Waals surface area contributed by atoms with Crippen LogP contribution in [0, 0.1) is 5.82 Å². The zero-order valence-electron chi connectivity index (χ0n) is 12.0. The molecule has 0 amide bonds. The van der Waals surface area contributed by atoms with E-state index in [1.165, 1.54) is 18.2 Å². The zero-order chi connectivity index (χ0) is 17.5. The monoisotopic (exact) mass is 362 g/mol. The number of para-hydroxylation sites is 1. The van der Waals surface area contributed by atoms with Crippen LogP contribution in [0.3, 0.4) is 0 Å². The SMILES string of the molecule is O=S(CCCOc1ccccc1F)CCCC(F)(F)C(F)(F)F. The second kappa shape index (κ2) is 8.56. The van der Waals surface area contributed by atoms with Crippen molar-refractivity contribution in [1.82, 2.24) is 0 Å². The minimum atomic E-state index is -5.58. The smallest absolute Gasteiger partial charge is 0.453 e. The van der Waals surface area contributed by atoms with Gasteiger partial charge in [-0.25, -0.2) is 4.39 Å². The maximum absolute atomic E-state index is 13.2. The summed E-state index contributed by atoms with van der Waals surface area (Å²) in [6.07, 6.45) is -7.18. The van der Waals surface area contributed by atoms with Gasteiger partial charge in [0.2, 0.25) is 0 Å². The predicted molar refractivity (Wildman–Crippen MR) is 74.6 cm³/mol. The van der Waals surface area contributed by atoms with Gasteiger partial charge in [-0.05, 0) is 25.0 Å². The second-order valence-corrected chi connectivity index (χ2v) is 6.48. The highest BCUT2D eigenvalue weighted by atomic mass is 32.2. The summed E-state index contributed by atoms with van der Waals surface area (Å²) in [5, 5.41) is 0. The van der Waals surface area contributed by atoms with Crippen LogP contribution in [0.5, 0.6) is 5.75 Å². The lowest BCUT2D eigenvalue weighted by Crippen LogP contribution is -2.36. The van der Waals surface area contributed by atoms with Gasteiger partial charge in [0.1, 0.15) is 0 Å². The Morgan fingerprint density at radius 2 is 1.61 bits per heavy atom. The van der Waals surface area contributed by atoms with Crippen LogP contribution in [0.1, 0.15) is 19.3 Å². The molecule has 0 saturated heterocycles. The second-order valence-electron chi connectivity index (χ2n) is 4.79. The summed E-state index contributed by atoms with van der Waals surface area (Å²) in [4.78, 5) is 0. The number of rotatable bonds is 9. The number of benzene rings is 1. The standard InChI is InChI=1S/C14H16F6O2S/c15-11-5-1-2-6-12(11)22-8-4-10-23(21)9-3-7-13(16,17)14(18,19)20/h1-2,5-6H,3-4,7-10H2. The molecule has 2 nitrogen and oxygen atoms in total. The van der Waals surface area contributed by atoms with Crippen LogP contribution in [-0.4, -0.2) is 34.4 Å². The maximum atomic E-state index is 13.2. The van der Waals surface area contributed by atoms with Crippen LogP contribution in [0.25, 0.3) is 0 Å². The number of halogens is 6. The molecule has 132 valence electrons. The molecule has 0 aliphatic carbocycles. The first-order valence-corrected chi connectivity index (χ1v) is 8.29. The van der Waals surface area contributed by atoms with Gasteiger partial charge >= 0.3 is 12.1 Å². The normalized spacial score (nSPS) is 13.8. The fourth-order valence-electron chi connectivity index (χ4n) is 1.66. The van der Waals surface area contributed by atoms with Gasteiger partial charge in [0.05, 0.1) is 6.61 Å². The van der Waals surface area contributed by atoms with Gasteiger partial charge < -0.3 is 4.74 Å². The van der Waals surface area contributed by atoms with Crippen molar-refractivity contribution < 1.29 is 35.3 Å².